The number of benzene rings is 1. The van der Waals surface area contributed by atoms with Crippen molar-refractivity contribution in [2.45, 2.75) is 0 Å². The molecule has 6 nitrogen and oxygen atoms in total. The zero-order chi connectivity index (χ0) is 13.4. The lowest BCUT2D eigenvalue weighted by molar-refractivity contribution is 0.0697. The van der Waals surface area contributed by atoms with Gasteiger partial charge < -0.3 is 10.8 Å². The van der Waals surface area contributed by atoms with Crippen LogP contribution in [0, 0.1) is 0 Å². The second kappa shape index (κ2) is 4.09. The van der Waals surface area contributed by atoms with Gasteiger partial charge in [-0.2, -0.15) is 0 Å². The molecule has 19 heavy (non-hydrogen) atoms. The number of carboxylic acids is 1. The quantitative estimate of drug-likeness (QED) is 0.725. The average Bonchev–Trinajstić information content (AvgIpc) is 2.81. The molecule has 0 unspecified atom stereocenters. The molecule has 0 aliphatic heterocycles. The SMILES string of the molecule is Nc1ccn2nc(-c3ccc(C(=O)O)cc3)nc2c1. The number of hydrogen-bond acceptors (Lipinski definition) is 4. The Morgan fingerprint density at radius 2 is 1.95 bits per heavy atom. The number of fused-ring (bicyclic) bond motifs is 1. The van der Waals surface area contributed by atoms with E-state index in [0.29, 0.717) is 17.2 Å². The van der Waals surface area contributed by atoms with Gasteiger partial charge in [-0.3, -0.25) is 0 Å². The van der Waals surface area contributed by atoms with Crippen molar-refractivity contribution in [2.24, 2.45) is 0 Å². The minimum Gasteiger partial charge on any atom is -0.478 e. The number of nitrogens with zero attached hydrogens (tertiary/aromatic N) is 3. The number of nitrogens with two attached hydrogens (primary N) is 1. The fraction of sp³-hybridized carbons (Fsp3) is 0. The highest BCUT2D eigenvalue weighted by Gasteiger charge is 2.08. The first kappa shape index (κ1) is 11.2. The summed E-state index contributed by atoms with van der Waals surface area (Å²) in [4.78, 5) is 15.1. The largest absolute Gasteiger partial charge is 0.478 e. The number of hydrogen-bond donors (Lipinski definition) is 2. The van der Waals surface area contributed by atoms with E-state index in [1.54, 1.807) is 35.0 Å². The molecule has 0 aliphatic rings. The third-order valence-corrected chi connectivity index (χ3v) is 2.75. The van der Waals surface area contributed by atoms with Crippen molar-refractivity contribution in [3.05, 3.63) is 48.2 Å². The van der Waals surface area contributed by atoms with Crippen molar-refractivity contribution < 1.29 is 9.90 Å². The molecule has 3 rings (SSSR count). The monoisotopic (exact) mass is 254 g/mol. The van der Waals surface area contributed by atoms with Crippen molar-refractivity contribution in [3.63, 3.8) is 0 Å². The summed E-state index contributed by atoms with van der Waals surface area (Å²) in [6.45, 7) is 0. The average molecular weight is 254 g/mol. The van der Waals surface area contributed by atoms with Gasteiger partial charge in [-0.25, -0.2) is 14.3 Å². The van der Waals surface area contributed by atoms with Crippen molar-refractivity contribution in [1.82, 2.24) is 14.6 Å². The van der Waals surface area contributed by atoms with Gasteiger partial charge in [0, 0.05) is 23.5 Å². The van der Waals surface area contributed by atoms with Crippen molar-refractivity contribution in [1.29, 1.82) is 0 Å². The molecule has 0 amide bonds. The number of nitrogen functional groups attached to an aromatic ring is 1. The molecule has 0 aliphatic carbocycles. The molecule has 0 radical (unpaired) electrons. The highest BCUT2D eigenvalue weighted by molar-refractivity contribution is 5.88. The molecule has 0 fully saturated rings. The Morgan fingerprint density at radius 3 is 2.63 bits per heavy atom. The van der Waals surface area contributed by atoms with Crippen LogP contribution >= 0.6 is 0 Å². The lowest BCUT2D eigenvalue weighted by Gasteiger charge is -1.96. The molecule has 0 spiro atoms. The fourth-order valence-electron chi connectivity index (χ4n) is 1.78. The Labute approximate surface area is 108 Å². The standard InChI is InChI=1S/C13H10N4O2/c14-10-5-6-17-11(7-10)15-12(16-17)8-1-3-9(4-2-8)13(18)19/h1-7H,14H2,(H,18,19). The van der Waals surface area contributed by atoms with E-state index in [9.17, 15) is 4.79 Å². The third kappa shape index (κ3) is 1.99. The van der Waals surface area contributed by atoms with Gasteiger partial charge in [0.2, 0.25) is 0 Å². The van der Waals surface area contributed by atoms with E-state index in [2.05, 4.69) is 10.1 Å². The molecule has 0 saturated heterocycles. The van der Waals surface area contributed by atoms with Crippen LogP contribution in [0.4, 0.5) is 5.69 Å². The molecule has 0 atom stereocenters. The number of aromatic nitrogens is 3. The van der Waals surface area contributed by atoms with Gasteiger partial charge in [0.25, 0.3) is 0 Å². The van der Waals surface area contributed by atoms with Crippen LogP contribution in [0.1, 0.15) is 10.4 Å². The molecule has 0 saturated carbocycles. The lowest BCUT2D eigenvalue weighted by Crippen LogP contribution is -1.95. The van der Waals surface area contributed by atoms with Gasteiger partial charge >= 0.3 is 5.97 Å². The molecule has 2 aromatic heterocycles. The summed E-state index contributed by atoms with van der Waals surface area (Å²) in [5.41, 5.74) is 7.94. The molecule has 1 aromatic carbocycles. The maximum absolute atomic E-state index is 10.8. The predicted octanol–water partition coefficient (Wildman–Crippen LogP) is 1.68. The number of rotatable bonds is 2. The lowest BCUT2D eigenvalue weighted by atomic mass is 10.1. The minimum absolute atomic E-state index is 0.233. The molecule has 0 bridgehead atoms. The second-order valence-corrected chi connectivity index (χ2v) is 4.08. The number of pyridine rings is 1. The van der Waals surface area contributed by atoms with Gasteiger partial charge in [-0.05, 0) is 18.2 Å². The Balaban J connectivity index is 2.06. The normalized spacial score (nSPS) is 10.7. The zero-order valence-corrected chi connectivity index (χ0v) is 9.82. The van der Waals surface area contributed by atoms with Gasteiger partial charge in [0.05, 0.1) is 5.56 Å². The van der Waals surface area contributed by atoms with E-state index in [1.807, 2.05) is 0 Å². The summed E-state index contributed by atoms with van der Waals surface area (Å²) in [7, 11) is 0. The van der Waals surface area contributed by atoms with Gasteiger partial charge in [0.1, 0.15) is 0 Å². The van der Waals surface area contributed by atoms with E-state index in [0.717, 1.165) is 5.56 Å². The number of carboxylic acid groups (broad SMARTS) is 1. The first-order valence-electron chi connectivity index (χ1n) is 5.59. The Kier molecular flexibility index (Phi) is 2.42. The molecule has 2 heterocycles. The highest BCUT2D eigenvalue weighted by atomic mass is 16.4. The van der Waals surface area contributed by atoms with Crippen LogP contribution in [0.2, 0.25) is 0 Å². The molecular weight excluding hydrogens is 244 g/mol. The van der Waals surface area contributed by atoms with E-state index < -0.39 is 5.97 Å². The summed E-state index contributed by atoms with van der Waals surface area (Å²) < 4.78 is 1.62. The summed E-state index contributed by atoms with van der Waals surface area (Å²) in [6.07, 6.45) is 1.73. The van der Waals surface area contributed by atoms with Crippen molar-refractivity contribution >= 4 is 17.3 Å². The van der Waals surface area contributed by atoms with E-state index in [4.69, 9.17) is 10.8 Å². The van der Waals surface area contributed by atoms with E-state index in [-0.39, 0.29) is 5.56 Å². The van der Waals surface area contributed by atoms with Gasteiger partial charge in [0.15, 0.2) is 11.5 Å². The van der Waals surface area contributed by atoms with Crippen LogP contribution < -0.4 is 5.73 Å². The summed E-state index contributed by atoms with van der Waals surface area (Å²) in [6, 6.07) is 9.87. The molecule has 6 heteroatoms. The maximum Gasteiger partial charge on any atom is 0.335 e. The fourth-order valence-corrected chi connectivity index (χ4v) is 1.78. The van der Waals surface area contributed by atoms with Crippen molar-refractivity contribution in [3.8, 4) is 11.4 Å². The number of carbonyl (C=O) groups is 1. The maximum atomic E-state index is 10.8. The van der Waals surface area contributed by atoms with Crippen LogP contribution in [0.25, 0.3) is 17.0 Å². The topological polar surface area (TPSA) is 93.5 Å². The summed E-state index contributed by atoms with van der Waals surface area (Å²) >= 11 is 0. The summed E-state index contributed by atoms with van der Waals surface area (Å²) in [5, 5.41) is 13.1. The van der Waals surface area contributed by atoms with E-state index >= 15 is 0 Å². The number of aromatic carboxylic acids is 1. The van der Waals surface area contributed by atoms with Gasteiger partial charge in [-0.15, -0.1) is 5.10 Å². The van der Waals surface area contributed by atoms with Crippen LogP contribution in [0.3, 0.4) is 0 Å². The van der Waals surface area contributed by atoms with Crippen LogP contribution in [-0.2, 0) is 0 Å². The van der Waals surface area contributed by atoms with Crippen LogP contribution in [-0.4, -0.2) is 25.7 Å². The first-order valence-corrected chi connectivity index (χ1v) is 5.59. The molecule has 94 valence electrons. The molecule has 3 N–H and O–H groups in total. The summed E-state index contributed by atoms with van der Waals surface area (Å²) in [5.74, 6) is -0.426. The number of anilines is 1. The smallest absolute Gasteiger partial charge is 0.335 e. The first-order chi connectivity index (χ1) is 9.13. The molecule has 3 aromatic rings. The van der Waals surface area contributed by atoms with Crippen LogP contribution in [0.15, 0.2) is 42.6 Å². The minimum atomic E-state index is -0.956. The second-order valence-electron chi connectivity index (χ2n) is 4.08. The molecular formula is C13H10N4O2. The zero-order valence-electron chi connectivity index (χ0n) is 9.82. The Morgan fingerprint density at radius 1 is 1.21 bits per heavy atom. The Bertz CT molecular complexity index is 762. The van der Waals surface area contributed by atoms with Gasteiger partial charge in [-0.1, -0.05) is 12.1 Å². The highest BCUT2D eigenvalue weighted by Crippen LogP contribution is 2.18. The predicted molar refractivity (Wildman–Crippen MR) is 69.8 cm³/mol. The van der Waals surface area contributed by atoms with Crippen LogP contribution in [0.5, 0.6) is 0 Å². The van der Waals surface area contributed by atoms with E-state index in [1.165, 1.54) is 12.1 Å². The Hall–Kier alpha value is -2.89. The van der Waals surface area contributed by atoms with Crippen molar-refractivity contribution in [2.75, 3.05) is 5.73 Å². The third-order valence-electron chi connectivity index (χ3n) is 2.75.